The molecule has 0 aliphatic carbocycles. The highest BCUT2D eigenvalue weighted by Crippen LogP contribution is 2.38. The molecule has 3 N–H and O–H groups in total. The predicted molar refractivity (Wildman–Crippen MR) is 104 cm³/mol. The molecule has 0 radical (unpaired) electrons. The van der Waals surface area contributed by atoms with Gasteiger partial charge >= 0.3 is 5.97 Å². The first kappa shape index (κ1) is 21.5. The van der Waals surface area contributed by atoms with E-state index in [0.717, 1.165) is 0 Å². The molecule has 0 saturated heterocycles. The number of nitrogens with two attached hydrogens (primary N) is 1. The van der Waals surface area contributed by atoms with Gasteiger partial charge in [-0.25, -0.2) is 0 Å². The molecule has 0 aliphatic rings. The first-order valence-corrected chi connectivity index (χ1v) is 8.52. The molecule has 0 fully saturated rings. The Balaban J connectivity index is 1.92. The maximum atomic E-state index is 12.1. The number of methoxy groups -OCH3 is 3. The van der Waals surface area contributed by atoms with Gasteiger partial charge in [0, 0.05) is 11.3 Å². The number of primary amides is 1. The summed E-state index contributed by atoms with van der Waals surface area (Å²) in [5.41, 5.74) is 6.50. The zero-order valence-electron chi connectivity index (χ0n) is 16.3. The number of carbonyl (C=O) groups is 3. The minimum Gasteiger partial charge on any atom is -0.493 e. The van der Waals surface area contributed by atoms with E-state index in [1.54, 1.807) is 12.1 Å². The number of rotatable bonds is 9. The quantitative estimate of drug-likeness (QED) is 0.609. The van der Waals surface area contributed by atoms with E-state index in [9.17, 15) is 14.4 Å². The summed E-state index contributed by atoms with van der Waals surface area (Å²) in [7, 11) is 4.42. The van der Waals surface area contributed by atoms with Gasteiger partial charge in [0.15, 0.2) is 18.1 Å². The van der Waals surface area contributed by atoms with Crippen molar-refractivity contribution in [3.63, 3.8) is 0 Å². The number of anilines is 1. The summed E-state index contributed by atoms with van der Waals surface area (Å²) in [4.78, 5) is 35.0. The summed E-state index contributed by atoms with van der Waals surface area (Å²) in [6.07, 6.45) is -0.0860. The third-order valence-electron chi connectivity index (χ3n) is 3.89. The molecule has 2 amide bonds. The summed E-state index contributed by atoms with van der Waals surface area (Å²) in [6, 6.07) is 9.26. The normalized spacial score (nSPS) is 10.0. The molecule has 9 heteroatoms. The van der Waals surface area contributed by atoms with Gasteiger partial charge < -0.3 is 30.0 Å². The lowest BCUT2D eigenvalue weighted by atomic mass is 10.1. The Morgan fingerprint density at radius 2 is 1.52 bits per heavy atom. The largest absolute Gasteiger partial charge is 0.493 e. The molecule has 2 rings (SSSR count). The van der Waals surface area contributed by atoms with Gasteiger partial charge in [0.1, 0.15) is 0 Å². The van der Waals surface area contributed by atoms with Crippen LogP contribution in [0.1, 0.15) is 15.9 Å². The van der Waals surface area contributed by atoms with E-state index < -0.39 is 24.4 Å². The molecule has 0 unspecified atom stereocenters. The van der Waals surface area contributed by atoms with E-state index in [4.69, 9.17) is 24.7 Å². The Morgan fingerprint density at radius 1 is 0.931 bits per heavy atom. The smallest absolute Gasteiger partial charge is 0.310 e. The average molecular weight is 402 g/mol. The zero-order chi connectivity index (χ0) is 21.4. The SMILES string of the molecule is COc1cc(CC(=O)OCC(=O)Nc2ccc(C(N)=O)cc2)cc(OC)c1OC. The average Bonchev–Trinajstić information content (AvgIpc) is 2.71. The van der Waals surface area contributed by atoms with E-state index >= 15 is 0 Å². The van der Waals surface area contributed by atoms with Gasteiger partial charge in [-0.3, -0.25) is 14.4 Å². The topological polar surface area (TPSA) is 126 Å². The third-order valence-corrected chi connectivity index (χ3v) is 3.89. The van der Waals surface area contributed by atoms with Gasteiger partial charge in [-0.2, -0.15) is 0 Å². The molecule has 0 atom stereocenters. The number of nitrogens with one attached hydrogen (secondary N) is 1. The van der Waals surface area contributed by atoms with Crippen LogP contribution in [0.3, 0.4) is 0 Å². The molecule has 2 aromatic rings. The van der Waals surface area contributed by atoms with Crippen LogP contribution in [0.4, 0.5) is 5.69 Å². The second-order valence-corrected chi connectivity index (χ2v) is 5.86. The molecule has 0 aliphatic heterocycles. The number of esters is 1. The second kappa shape index (κ2) is 9.98. The maximum Gasteiger partial charge on any atom is 0.310 e. The Morgan fingerprint density at radius 3 is 2.00 bits per heavy atom. The molecule has 0 spiro atoms. The van der Waals surface area contributed by atoms with Crippen molar-refractivity contribution < 1.29 is 33.3 Å². The molecule has 154 valence electrons. The molecule has 29 heavy (non-hydrogen) atoms. The van der Waals surface area contributed by atoms with Crippen LogP contribution < -0.4 is 25.3 Å². The van der Waals surface area contributed by atoms with Crippen LogP contribution in [0.15, 0.2) is 36.4 Å². The number of ether oxygens (including phenoxy) is 4. The number of carbonyl (C=O) groups excluding carboxylic acids is 3. The minimum absolute atomic E-state index is 0.0860. The second-order valence-electron chi connectivity index (χ2n) is 5.86. The number of hydrogen-bond donors (Lipinski definition) is 2. The number of benzene rings is 2. The molecule has 9 nitrogen and oxygen atoms in total. The first-order chi connectivity index (χ1) is 13.9. The van der Waals surface area contributed by atoms with Crippen molar-refractivity contribution in [2.24, 2.45) is 5.73 Å². The summed E-state index contributed by atoms with van der Waals surface area (Å²) < 4.78 is 20.7. The Bertz CT molecular complexity index is 869. The monoisotopic (exact) mass is 402 g/mol. The maximum absolute atomic E-state index is 12.1. The molecule has 0 saturated carbocycles. The minimum atomic E-state index is -0.599. The van der Waals surface area contributed by atoms with Crippen LogP contribution in [-0.2, 0) is 20.7 Å². The highest BCUT2D eigenvalue weighted by molar-refractivity contribution is 5.95. The molecular formula is C20H22N2O7. The highest BCUT2D eigenvalue weighted by atomic mass is 16.5. The van der Waals surface area contributed by atoms with Gasteiger partial charge in [0.25, 0.3) is 5.91 Å². The van der Waals surface area contributed by atoms with Crippen molar-refractivity contribution in [1.82, 2.24) is 0 Å². The standard InChI is InChI=1S/C20H22N2O7/c1-26-15-8-12(9-16(27-2)19(15)28-3)10-18(24)29-11-17(23)22-14-6-4-13(5-7-14)20(21)25/h4-9H,10-11H2,1-3H3,(H2,21,25)(H,22,23). The number of hydrogen-bond acceptors (Lipinski definition) is 7. The van der Waals surface area contributed by atoms with Crippen LogP contribution in [0.5, 0.6) is 17.2 Å². The van der Waals surface area contributed by atoms with Crippen LogP contribution in [0, 0.1) is 0 Å². The van der Waals surface area contributed by atoms with E-state index in [-0.39, 0.29) is 6.42 Å². The van der Waals surface area contributed by atoms with Crippen molar-refractivity contribution in [2.45, 2.75) is 6.42 Å². The summed E-state index contributed by atoms with van der Waals surface area (Å²) >= 11 is 0. The lowest BCUT2D eigenvalue weighted by Gasteiger charge is -2.14. The molecule has 0 aromatic heterocycles. The van der Waals surface area contributed by atoms with Crippen molar-refractivity contribution in [2.75, 3.05) is 33.3 Å². The Kier molecular flexibility index (Phi) is 7.41. The van der Waals surface area contributed by atoms with Crippen molar-refractivity contribution >= 4 is 23.5 Å². The van der Waals surface area contributed by atoms with Gasteiger partial charge in [0.05, 0.1) is 27.8 Å². The van der Waals surface area contributed by atoms with Gasteiger partial charge in [-0.15, -0.1) is 0 Å². The van der Waals surface area contributed by atoms with Crippen LogP contribution in [-0.4, -0.2) is 45.7 Å². The van der Waals surface area contributed by atoms with Crippen LogP contribution in [0.2, 0.25) is 0 Å². The summed E-state index contributed by atoms with van der Waals surface area (Å²) in [6.45, 7) is -0.458. The van der Waals surface area contributed by atoms with Crippen LogP contribution >= 0.6 is 0 Å². The van der Waals surface area contributed by atoms with Crippen LogP contribution in [0.25, 0.3) is 0 Å². The summed E-state index contributed by atoms with van der Waals surface area (Å²) in [5.74, 6) is -0.454. The summed E-state index contributed by atoms with van der Waals surface area (Å²) in [5, 5.41) is 2.55. The van der Waals surface area contributed by atoms with Crippen molar-refractivity contribution in [3.05, 3.63) is 47.5 Å². The fourth-order valence-electron chi connectivity index (χ4n) is 2.52. The van der Waals surface area contributed by atoms with E-state index in [0.29, 0.717) is 34.1 Å². The Labute approximate surface area is 167 Å². The fourth-order valence-corrected chi connectivity index (χ4v) is 2.52. The predicted octanol–water partition coefficient (Wildman–Crippen LogP) is 1.54. The van der Waals surface area contributed by atoms with E-state index in [1.807, 2.05) is 0 Å². The lowest BCUT2D eigenvalue weighted by Crippen LogP contribution is -2.21. The lowest BCUT2D eigenvalue weighted by molar-refractivity contribution is -0.146. The molecule has 2 aromatic carbocycles. The van der Waals surface area contributed by atoms with E-state index in [1.165, 1.54) is 45.6 Å². The van der Waals surface area contributed by atoms with Gasteiger partial charge in [-0.1, -0.05) is 0 Å². The number of amides is 2. The molecular weight excluding hydrogens is 380 g/mol. The van der Waals surface area contributed by atoms with Crippen molar-refractivity contribution in [1.29, 1.82) is 0 Å². The zero-order valence-corrected chi connectivity index (χ0v) is 16.3. The first-order valence-electron chi connectivity index (χ1n) is 8.52. The Hall–Kier alpha value is -3.75. The highest BCUT2D eigenvalue weighted by Gasteiger charge is 2.16. The third kappa shape index (κ3) is 5.86. The van der Waals surface area contributed by atoms with E-state index in [2.05, 4.69) is 5.32 Å². The fraction of sp³-hybridized carbons (Fsp3) is 0.250. The molecule has 0 bridgehead atoms. The van der Waals surface area contributed by atoms with Crippen molar-refractivity contribution in [3.8, 4) is 17.2 Å². The van der Waals surface area contributed by atoms with Gasteiger partial charge in [-0.05, 0) is 42.0 Å². The molecule has 0 heterocycles. The van der Waals surface area contributed by atoms with Gasteiger partial charge in [0.2, 0.25) is 11.7 Å².